The zero-order valence-corrected chi connectivity index (χ0v) is 15.0. The lowest BCUT2D eigenvalue weighted by Crippen LogP contribution is -2.53. The fraction of sp³-hybridized carbons (Fsp3) is 0.611. The van der Waals surface area contributed by atoms with Crippen LogP contribution in [0.25, 0.3) is 0 Å². The van der Waals surface area contributed by atoms with Gasteiger partial charge in [-0.3, -0.25) is 9.78 Å². The second-order valence-corrected chi connectivity index (χ2v) is 7.07. The van der Waals surface area contributed by atoms with Gasteiger partial charge in [-0.1, -0.05) is 0 Å². The van der Waals surface area contributed by atoms with Crippen LogP contribution in [0.2, 0.25) is 0 Å². The highest BCUT2D eigenvalue weighted by molar-refractivity contribution is 5.82. The number of piperazine rings is 1. The van der Waals surface area contributed by atoms with Crippen molar-refractivity contribution >= 4 is 17.7 Å². The summed E-state index contributed by atoms with van der Waals surface area (Å²) < 4.78 is 0. The highest BCUT2D eigenvalue weighted by Gasteiger charge is 2.29. The Kier molecular flexibility index (Phi) is 5.92. The van der Waals surface area contributed by atoms with Gasteiger partial charge >= 0.3 is 6.09 Å². The monoisotopic (exact) mass is 361 g/mol. The Labute approximate surface area is 153 Å². The van der Waals surface area contributed by atoms with Gasteiger partial charge in [-0.25, -0.2) is 4.79 Å². The van der Waals surface area contributed by atoms with Crippen molar-refractivity contribution in [3.8, 4) is 0 Å². The lowest BCUT2D eigenvalue weighted by Gasteiger charge is -2.38. The van der Waals surface area contributed by atoms with Gasteiger partial charge in [0.15, 0.2) is 0 Å². The fourth-order valence-corrected chi connectivity index (χ4v) is 3.79. The Hall–Kier alpha value is -2.35. The number of aromatic nitrogens is 1. The minimum atomic E-state index is -0.865. The molecule has 3 heterocycles. The first-order valence-electron chi connectivity index (χ1n) is 9.22. The molecular formula is C18H27N5O3. The summed E-state index contributed by atoms with van der Waals surface area (Å²) in [6.07, 6.45) is 4.89. The zero-order chi connectivity index (χ0) is 18.5. The van der Waals surface area contributed by atoms with Crippen molar-refractivity contribution in [2.45, 2.75) is 25.3 Å². The number of anilines is 1. The third-order valence-corrected chi connectivity index (χ3v) is 5.41. The van der Waals surface area contributed by atoms with Crippen LogP contribution in [0.1, 0.15) is 19.3 Å². The topological polar surface area (TPSA) is 103 Å². The number of carbonyl (C=O) groups excluding carboxylic acids is 1. The number of carbonyl (C=O) groups is 2. The molecule has 3 rings (SSSR count). The summed E-state index contributed by atoms with van der Waals surface area (Å²) in [5, 5.41) is 9.00. The number of hydrogen-bond acceptors (Lipinski definition) is 5. The van der Waals surface area contributed by atoms with E-state index in [1.807, 2.05) is 17.0 Å². The van der Waals surface area contributed by atoms with Gasteiger partial charge in [0.2, 0.25) is 5.91 Å². The Bertz CT molecular complexity index is 611. The summed E-state index contributed by atoms with van der Waals surface area (Å²) in [5.41, 5.74) is 7.30. The van der Waals surface area contributed by atoms with E-state index >= 15 is 0 Å². The molecule has 0 aromatic carbocycles. The molecule has 0 radical (unpaired) electrons. The van der Waals surface area contributed by atoms with Crippen LogP contribution in [0.3, 0.4) is 0 Å². The van der Waals surface area contributed by atoms with Crippen LogP contribution < -0.4 is 10.6 Å². The Balaban J connectivity index is 1.44. The van der Waals surface area contributed by atoms with Gasteiger partial charge in [-0.15, -0.1) is 0 Å². The van der Waals surface area contributed by atoms with Crippen LogP contribution in [0.4, 0.5) is 10.5 Å². The summed E-state index contributed by atoms with van der Waals surface area (Å²) in [6.45, 7) is 3.99. The number of nitrogens with two attached hydrogens (primary N) is 1. The first kappa shape index (κ1) is 18.4. The highest BCUT2D eigenvalue weighted by Crippen LogP contribution is 2.22. The largest absolute Gasteiger partial charge is 0.465 e. The molecule has 2 aliphatic heterocycles. The molecule has 1 unspecified atom stereocenters. The van der Waals surface area contributed by atoms with Crippen LogP contribution in [-0.2, 0) is 4.79 Å². The maximum Gasteiger partial charge on any atom is 0.407 e. The van der Waals surface area contributed by atoms with E-state index in [1.54, 1.807) is 12.4 Å². The standard InChI is InChI=1S/C18H27N5O3/c19-16(13-14-3-7-23(8-4-14)18(25)26)17(24)22-11-9-21(10-12-22)15-1-5-20-6-2-15/h1-2,5-6,14,16H,3-4,7-13,19H2,(H,25,26). The molecule has 1 aromatic heterocycles. The highest BCUT2D eigenvalue weighted by atomic mass is 16.4. The van der Waals surface area contributed by atoms with Crippen LogP contribution in [-0.4, -0.2) is 77.2 Å². The molecule has 3 N–H and O–H groups in total. The first-order chi connectivity index (χ1) is 12.5. The van der Waals surface area contributed by atoms with Crippen molar-refractivity contribution in [2.75, 3.05) is 44.2 Å². The number of rotatable bonds is 4. The summed E-state index contributed by atoms with van der Waals surface area (Å²) in [5.74, 6) is 0.336. The van der Waals surface area contributed by atoms with Crippen LogP contribution in [0.5, 0.6) is 0 Å². The smallest absolute Gasteiger partial charge is 0.407 e. The minimum Gasteiger partial charge on any atom is -0.465 e. The Morgan fingerprint density at radius 1 is 1.08 bits per heavy atom. The van der Waals surface area contributed by atoms with Gasteiger partial charge in [-0.05, 0) is 37.3 Å². The van der Waals surface area contributed by atoms with Gasteiger partial charge in [0.05, 0.1) is 6.04 Å². The van der Waals surface area contributed by atoms with E-state index in [0.29, 0.717) is 38.5 Å². The molecular weight excluding hydrogens is 334 g/mol. The number of likely N-dealkylation sites (tertiary alicyclic amines) is 1. The van der Waals surface area contributed by atoms with Crippen molar-refractivity contribution in [1.29, 1.82) is 0 Å². The van der Waals surface area contributed by atoms with E-state index in [2.05, 4.69) is 9.88 Å². The summed E-state index contributed by atoms with van der Waals surface area (Å²) in [6, 6.07) is 3.46. The van der Waals surface area contributed by atoms with Crippen LogP contribution in [0.15, 0.2) is 24.5 Å². The van der Waals surface area contributed by atoms with Crippen LogP contribution >= 0.6 is 0 Å². The zero-order valence-electron chi connectivity index (χ0n) is 15.0. The Morgan fingerprint density at radius 2 is 1.69 bits per heavy atom. The van der Waals surface area contributed by atoms with Crippen molar-refractivity contribution in [3.63, 3.8) is 0 Å². The SMILES string of the molecule is NC(CC1CCN(C(=O)O)CC1)C(=O)N1CCN(c2ccncc2)CC1. The number of hydrogen-bond donors (Lipinski definition) is 2. The molecule has 1 atom stereocenters. The molecule has 26 heavy (non-hydrogen) atoms. The van der Waals surface area contributed by atoms with Crippen molar-refractivity contribution in [3.05, 3.63) is 24.5 Å². The van der Waals surface area contributed by atoms with E-state index in [0.717, 1.165) is 31.6 Å². The average molecular weight is 361 g/mol. The molecule has 1 aromatic rings. The Morgan fingerprint density at radius 3 is 2.27 bits per heavy atom. The fourth-order valence-electron chi connectivity index (χ4n) is 3.79. The predicted molar refractivity (Wildman–Crippen MR) is 97.9 cm³/mol. The van der Waals surface area contributed by atoms with Gasteiger partial charge in [0, 0.05) is 57.3 Å². The molecule has 2 fully saturated rings. The molecule has 0 spiro atoms. The molecule has 0 saturated carbocycles. The van der Waals surface area contributed by atoms with Gasteiger partial charge in [-0.2, -0.15) is 0 Å². The van der Waals surface area contributed by atoms with E-state index in [4.69, 9.17) is 10.8 Å². The van der Waals surface area contributed by atoms with E-state index in [-0.39, 0.29) is 5.91 Å². The number of carboxylic acid groups (broad SMARTS) is 1. The third-order valence-electron chi connectivity index (χ3n) is 5.41. The van der Waals surface area contributed by atoms with E-state index in [1.165, 1.54) is 4.90 Å². The summed E-state index contributed by atoms with van der Waals surface area (Å²) in [7, 11) is 0. The third kappa shape index (κ3) is 4.43. The first-order valence-corrected chi connectivity index (χ1v) is 9.22. The maximum atomic E-state index is 12.7. The second-order valence-electron chi connectivity index (χ2n) is 7.07. The molecule has 2 saturated heterocycles. The maximum absolute atomic E-state index is 12.7. The van der Waals surface area contributed by atoms with Crippen molar-refractivity contribution < 1.29 is 14.7 Å². The molecule has 8 heteroatoms. The summed E-state index contributed by atoms with van der Waals surface area (Å²) in [4.78, 5) is 33.2. The molecule has 2 amide bonds. The second kappa shape index (κ2) is 8.35. The van der Waals surface area contributed by atoms with E-state index in [9.17, 15) is 9.59 Å². The lowest BCUT2D eigenvalue weighted by atomic mass is 9.90. The van der Waals surface area contributed by atoms with E-state index < -0.39 is 12.1 Å². The van der Waals surface area contributed by atoms with Gasteiger partial charge < -0.3 is 25.5 Å². The minimum absolute atomic E-state index is 0.0139. The molecule has 8 nitrogen and oxygen atoms in total. The molecule has 142 valence electrons. The van der Waals surface area contributed by atoms with Gasteiger partial charge in [0.25, 0.3) is 0 Å². The molecule has 0 bridgehead atoms. The van der Waals surface area contributed by atoms with Gasteiger partial charge in [0.1, 0.15) is 0 Å². The quantitative estimate of drug-likeness (QED) is 0.824. The predicted octanol–water partition coefficient (Wildman–Crippen LogP) is 0.838. The molecule has 0 aliphatic carbocycles. The van der Waals surface area contributed by atoms with Crippen molar-refractivity contribution in [2.24, 2.45) is 11.7 Å². The molecule has 2 aliphatic rings. The number of amides is 2. The van der Waals surface area contributed by atoms with Crippen molar-refractivity contribution in [1.82, 2.24) is 14.8 Å². The number of piperidine rings is 1. The summed E-state index contributed by atoms with van der Waals surface area (Å²) >= 11 is 0. The number of pyridine rings is 1. The van der Waals surface area contributed by atoms with Crippen LogP contribution in [0, 0.1) is 5.92 Å². The lowest BCUT2D eigenvalue weighted by molar-refractivity contribution is -0.133. The normalized spacial score (nSPS) is 20.1. The average Bonchev–Trinajstić information content (AvgIpc) is 2.68. The number of nitrogens with zero attached hydrogens (tertiary/aromatic N) is 4.